The second-order valence-electron chi connectivity index (χ2n) is 5.10. The van der Waals surface area contributed by atoms with Crippen LogP contribution in [0.2, 0.25) is 0 Å². The highest BCUT2D eigenvalue weighted by Gasteiger charge is 2.35. The Kier molecular flexibility index (Phi) is 2.02. The molecule has 0 spiro atoms. The molecule has 1 unspecified atom stereocenters. The maximum absolute atomic E-state index is 2.52. The number of hydrogen-bond acceptors (Lipinski definition) is 0. The lowest BCUT2D eigenvalue weighted by Crippen LogP contribution is -2.31. The Labute approximate surface area is 76.1 Å². The third kappa shape index (κ3) is 1.32. The van der Waals surface area contributed by atoms with Gasteiger partial charge in [-0.2, -0.15) is 0 Å². The van der Waals surface area contributed by atoms with Crippen LogP contribution < -0.4 is 0 Å². The SMILES string of the molecule is CC1(C)CCCC2=CCCCC21. The van der Waals surface area contributed by atoms with Crippen molar-refractivity contribution in [1.82, 2.24) is 0 Å². The number of fused-ring (bicyclic) bond motifs is 1. The maximum Gasteiger partial charge on any atom is -0.0152 e. The van der Waals surface area contributed by atoms with Crippen LogP contribution >= 0.6 is 0 Å². The Morgan fingerprint density at radius 3 is 2.92 bits per heavy atom. The predicted octanol–water partition coefficient (Wildman–Crippen LogP) is 3.92. The Balaban J connectivity index is 2.22. The quantitative estimate of drug-likeness (QED) is 0.476. The molecule has 0 aromatic rings. The van der Waals surface area contributed by atoms with Crippen molar-refractivity contribution in [3.05, 3.63) is 11.6 Å². The van der Waals surface area contributed by atoms with Gasteiger partial charge in [-0.25, -0.2) is 0 Å². The maximum atomic E-state index is 2.52. The largest absolute Gasteiger partial charge is 0.0850 e. The van der Waals surface area contributed by atoms with Crippen LogP contribution in [0.4, 0.5) is 0 Å². The molecule has 1 fully saturated rings. The van der Waals surface area contributed by atoms with E-state index < -0.39 is 0 Å². The summed E-state index contributed by atoms with van der Waals surface area (Å²) in [5.41, 5.74) is 2.39. The molecule has 0 bridgehead atoms. The summed E-state index contributed by atoms with van der Waals surface area (Å²) >= 11 is 0. The third-order valence-corrected chi connectivity index (χ3v) is 3.78. The van der Waals surface area contributed by atoms with Crippen LogP contribution in [0.1, 0.15) is 52.4 Å². The van der Waals surface area contributed by atoms with Crippen molar-refractivity contribution >= 4 is 0 Å². The van der Waals surface area contributed by atoms with E-state index in [1.54, 1.807) is 5.57 Å². The van der Waals surface area contributed by atoms with Crippen molar-refractivity contribution in [2.45, 2.75) is 52.4 Å². The summed E-state index contributed by atoms with van der Waals surface area (Å²) in [7, 11) is 0. The molecule has 0 amide bonds. The Morgan fingerprint density at radius 2 is 2.17 bits per heavy atom. The lowest BCUT2D eigenvalue weighted by Gasteiger charge is -2.42. The van der Waals surface area contributed by atoms with E-state index in [0.717, 1.165) is 5.92 Å². The molecule has 12 heavy (non-hydrogen) atoms. The van der Waals surface area contributed by atoms with Crippen LogP contribution in [0.5, 0.6) is 0 Å². The molecule has 0 radical (unpaired) electrons. The lowest BCUT2D eigenvalue weighted by atomic mass is 9.63. The molecular weight excluding hydrogens is 144 g/mol. The zero-order chi connectivity index (χ0) is 8.60. The highest BCUT2D eigenvalue weighted by Crippen LogP contribution is 2.47. The molecule has 1 saturated carbocycles. The van der Waals surface area contributed by atoms with Gasteiger partial charge in [0.25, 0.3) is 0 Å². The molecule has 0 heteroatoms. The second-order valence-corrected chi connectivity index (χ2v) is 5.10. The zero-order valence-electron chi connectivity index (χ0n) is 8.40. The number of rotatable bonds is 0. The first-order chi connectivity index (χ1) is 5.70. The monoisotopic (exact) mass is 164 g/mol. The van der Waals surface area contributed by atoms with Gasteiger partial charge in [-0.3, -0.25) is 0 Å². The molecular formula is C12H20. The summed E-state index contributed by atoms with van der Waals surface area (Å²) in [4.78, 5) is 0. The normalized spacial score (nSPS) is 33.8. The molecule has 2 aliphatic carbocycles. The fourth-order valence-corrected chi connectivity index (χ4v) is 3.03. The van der Waals surface area contributed by atoms with Gasteiger partial charge in [0, 0.05) is 0 Å². The summed E-state index contributed by atoms with van der Waals surface area (Å²) < 4.78 is 0. The van der Waals surface area contributed by atoms with Crippen molar-refractivity contribution < 1.29 is 0 Å². The lowest BCUT2D eigenvalue weighted by molar-refractivity contribution is 0.171. The standard InChI is InChI=1S/C12H20/c1-12(2)9-5-7-10-6-3-4-8-11(10)12/h6,11H,3-5,7-9H2,1-2H3. The van der Waals surface area contributed by atoms with Gasteiger partial charge < -0.3 is 0 Å². The third-order valence-electron chi connectivity index (χ3n) is 3.78. The predicted molar refractivity (Wildman–Crippen MR) is 53.1 cm³/mol. The Bertz CT molecular complexity index is 198. The molecule has 1 atom stereocenters. The van der Waals surface area contributed by atoms with Crippen molar-refractivity contribution in [2.75, 3.05) is 0 Å². The highest BCUT2D eigenvalue weighted by atomic mass is 14.4. The average molecular weight is 164 g/mol. The van der Waals surface area contributed by atoms with Crippen molar-refractivity contribution in [2.24, 2.45) is 11.3 Å². The minimum absolute atomic E-state index is 0.602. The van der Waals surface area contributed by atoms with Crippen molar-refractivity contribution in [3.63, 3.8) is 0 Å². The molecule has 0 N–H and O–H groups in total. The van der Waals surface area contributed by atoms with E-state index in [1.165, 1.54) is 38.5 Å². The van der Waals surface area contributed by atoms with Crippen molar-refractivity contribution in [1.29, 1.82) is 0 Å². The molecule has 0 nitrogen and oxygen atoms in total. The van der Waals surface area contributed by atoms with Crippen LogP contribution in [0.3, 0.4) is 0 Å². The molecule has 0 heterocycles. The summed E-state index contributed by atoms with van der Waals surface area (Å²) in [5.74, 6) is 0.931. The summed E-state index contributed by atoms with van der Waals surface area (Å²) in [6, 6.07) is 0. The molecule has 0 saturated heterocycles. The minimum atomic E-state index is 0.602. The minimum Gasteiger partial charge on any atom is -0.0850 e. The van der Waals surface area contributed by atoms with Gasteiger partial charge in [-0.15, -0.1) is 0 Å². The first kappa shape index (κ1) is 8.34. The zero-order valence-corrected chi connectivity index (χ0v) is 8.40. The van der Waals surface area contributed by atoms with Gasteiger partial charge in [0.1, 0.15) is 0 Å². The number of hydrogen-bond donors (Lipinski definition) is 0. The van der Waals surface area contributed by atoms with E-state index in [1.807, 2.05) is 0 Å². The highest BCUT2D eigenvalue weighted by molar-refractivity contribution is 5.15. The number of allylic oxidation sites excluding steroid dienone is 2. The van der Waals surface area contributed by atoms with Gasteiger partial charge in [-0.05, 0) is 49.9 Å². The fourth-order valence-electron chi connectivity index (χ4n) is 3.03. The van der Waals surface area contributed by atoms with Gasteiger partial charge in [-0.1, -0.05) is 25.5 Å². The van der Waals surface area contributed by atoms with Crippen molar-refractivity contribution in [3.8, 4) is 0 Å². The first-order valence-corrected chi connectivity index (χ1v) is 5.39. The van der Waals surface area contributed by atoms with Crippen LogP contribution in [0, 0.1) is 11.3 Å². The molecule has 68 valence electrons. The van der Waals surface area contributed by atoms with Crippen LogP contribution in [-0.2, 0) is 0 Å². The van der Waals surface area contributed by atoms with Crippen LogP contribution in [0.25, 0.3) is 0 Å². The Morgan fingerprint density at radius 1 is 1.33 bits per heavy atom. The average Bonchev–Trinajstić information content (AvgIpc) is 2.04. The second kappa shape index (κ2) is 2.90. The summed E-state index contributed by atoms with van der Waals surface area (Å²) in [6.07, 6.45) is 11.0. The van der Waals surface area contributed by atoms with Gasteiger partial charge in [0.15, 0.2) is 0 Å². The van der Waals surface area contributed by atoms with E-state index in [0.29, 0.717) is 5.41 Å². The fraction of sp³-hybridized carbons (Fsp3) is 0.833. The molecule has 2 rings (SSSR count). The summed E-state index contributed by atoms with van der Waals surface area (Å²) in [6.45, 7) is 4.91. The summed E-state index contributed by atoms with van der Waals surface area (Å²) in [5, 5.41) is 0. The topological polar surface area (TPSA) is 0 Å². The molecule has 0 aliphatic heterocycles. The Hall–Kier alpha value is -0.260. The first-order valence-electron chi connectivity index (χ1n) is 5.39. The van der Waals surface area contributed by atoms with Gasteiger partial charge in [0.05, 0.1) is 0 Å². The van der Waals surface area contributed by atoms with E-state index in [4.69, 9.17) is 0 Å². The van der Waals surface area contributed by atoms with Gasteiger partial charge >= 0.3 is 0 Å². The van der Waals surface area contributed by atoms with Crippen LogP contribution in [-0.4, -0.2) is 0 Å². The van der Waals surface area contributed by atoms with Gasteiger partial charge in [0.2, 0.25) is 0 Å². The van der Waals surface area contributed by atoms with Crippen LogP contribution in [0.15, 0.2) is 11.6 Å². The molecule has 0 aromatic carbocycles. The van der Waals surface area contributed by atoms with E-state index in [9.17, 15) is 0 Å². The van der Waals surface area contributed by atoms with E-state index >= 15 is 0 Å². The smallest absolute Gasteiger partial charge is 0.0152 e. The van der Waals surface area contributed by atoms with E-state index in [2.05, 4.69) is 19.9 Å². The molecule has 0 aromatic heterocycles. The van der Waals surface area contributed by atoms with E-state index in [-0.39, 0.29) is 0 Å². The molecule has 2 aliphatic rings.